The molecule has 0 fully saturated rings. The summed E-state index contributed by atoms with van der Waals surface area (Å²) >= 11 is 5.74. The van der Waals surface area contributed by atoms with Gasteiger partial charge in [-0.15, -0.1) is 0 Å². The highest BCUT2D eigenvalue weighted by molar-refractivity contribution is 6.32. The Hall–Kier alpha value is -2.04. The van der Waals surface area contributed by atoms with E-state index in [1.54, 1.807) is 12.1 Å². The van der Waals surface area contributed by atoms with Gasteiger partial charge in [0.05, 0.1) is 11.1 Å². The van der Waals surface area contributed by atoms with Gasteiger partial charge in [0.1, 0.15) is 5.75 Å². The zero-order chi connectivity index (χ0) is 14.5. The lowest BCUT2D eigenvalue weighted by Gasteiger charge is -2.12. The molecule has 20 heavy (non-hydrogen) atoms. The number of amides is 1. The summed E-state index contributed by atoms with van der Waals surface area (Å²) in [4.78, 5) is 11.9. The van der Waals surface area contributed by atoms with Crippen LogP contribution in [0.4, 0.5) is 0 Å². The zero-order valence-corrected chi connectivity index (χ0v) is 11.3. The Morgan fingerprint density at radius 2 is 1.90 bits per heavy atom. The molecule has 2 aromatic carbocycles. The van der Waals surface area contributed by atoms with E-state index in [9.17, 15) is 15.0 Å². The summed E-state index contributed by atoms with van der Waals surface area (Å²) < 4.78 is 0. The average molecular weight is 292 g/mol. The average Bonchev–Trinajstić information content (AvgIpc) is 2.48. The van der Waals surface area contributed by atoms with Gasteiger partial charge in [-0.1, -0.05) is 41.9 Å². The van der Waals surface area contributed by atoms with Crippen molar-refractivity contribution in [3.63, 3.8) is 0 Å². The zero-order valence-electron chi connectivity index (χ0n) is 10.6. The first kappa shape index (κ1) is 14.4. The Morgan fingerprint density at radius 3 is 2.55 bits per heavy atom. The molecule has 1 atom stereocenters. The van der Waals surface area contributed by atoms with Crippen LogP contribution < -0.4 is 5.32 Å². The Morgan fingerprint density at radius 1 is 1.20 bits per heavy atom. The molecule has 2 aromatic rings. The Labute approximate surface area is 121 Å². The minimum atomic E-state index is -0.771. The molecule has 5 heteroatoms. The molecular weight excluding hydrogens is 278 g/mol. The largest absolute Gasteiger partial charge is 0.506 e. The van der Waals surface area contributed by atoms with E-state index in [0.29, 0.717) is 5.56 Å². The second kappa shape index (κ2) is 6.41. The van der Waals surface area contributed by atoms with Crippen LogP contribution in [-0.2, 0) is 0 Å². The molecular formula is C15H14ClNO3. The van der Waals surface area contributed by atoms with Crippen LogP contribution in [0.3, 0.4) is 0 Å². The number of hydrogen-bond acceptors (Lipinski definition) is 3. The summed E-state index contributed by atoms with van der Waals surface area (Å²) in [5.74, 6) is -0.436. The second-order valence-electron chi connectivity index (χ2n) is 4.30. The Bertz CT molecular complexity index is 601. The van der Waals surface area contributed by atoms with Crippen LogP contribution in [0.25, 0.3) is 0 Å². The quantitative estimate of drug-likeness (QED) is 0.811. The summed E-state index contributed by atoms with van der Waals surface area (Å²) in [6.45, 7) is 0.0986. The lowest BCUT2D eigenvalue weighted by atomic mass is 10.1. The maximum Gasteiger partial charge on any atom is 0.251 e. The fourth-order valence-electron chi connectivity index (χ4n) is 1.73. The minimum Gasteiger partial charge on any atom is -0.506 e. The number of benzene rings is 2. The highest BCUT2D eigenvalue weighted by Gasteiger charge is 2.11. The molecule has 1 amide bonds. The first-order valence-corrected chi connectivity index (χ1v) is 6.45. The van der Waals surface area contributed by atoms with Crippen molar-refractivity contribution >= 4 is 17.5 Å². The lowest BCUT2D eigenvalue weighted by molar-refractivity contribution is 0.0916. The van der Waals surface area contributed by atoms with Gasteiger partial charge >= 0.3 is 0 Å². The molecule has 0 spiro atoms. The first-order valence-electron chi connectivity index (χ1n) is 6.07. The molecule has 0 aliphatic heterocycles. The van der Waals surface area contributed by atoms with Crippen molar-refractivity contribution in [3.05, 3.63) is 64.7 Å². The number of aliphatic hydroxyl groups excluding tert-OH is 1. The normalized spacial score (nSPS) is 11.9. The van der Waals surface area contributed by atoms with Gasteiger partial charge < -0.3 is 15.5 Å². The molecule has 4 nitrogen and oxygen atoms in total. The molecule has 104 valence electrons. The number of phenolic OH excluding ortho intramolecular Hbond substituents is 1. The van der Waals surface area contributed by atoms with Gasteiger partial charge in [0, 0.05) is 12.1 Å². The molecule has 0 heterocycles. The maximum atomic E-state index is 11.9. The van der Waals surface area contributed by atoms with Crippen LogP contribution in [0, 0.1) is 0 Å². The standard InChI is InChI=1S/C15H14ClNO3/c16-12-8-11(6-7-13(12)18)15(20)17-9-14(19)10-4-2-1-3-5-10/h1-8,14,18-19H,9H2,(H,17,20). The molecule has 0 aliphatic rings. The van der Waals surface area contributed by atoms with Crippen molar-refractivity contribution in [3.8, 4) is 5.75 Å². The first-order chi connectivity index (χ1) is 9.58. The number of phenols is 1. The van der Waals surface area contributed by atoms with Crippen LogP contribution in [0.5, 0.6) is 5.75 Å². The summed E-state index contributed by atoms with van der Waals surface area (Å²) in [6, 6.07) is 13.3. The predicted molar refractivity (Wildman–Crippen MR) is 76.9 cm³/mol. The van der Waals surface area contributed by atoms with E-state index in [0.717, 1.165) is 5.56 Å². The monoisotopic (exact) mass is 291 g/mol. The van der Waals surface area contributed by atoms with E-state index in [2.05, 4.69) is 5.32 Å². The van der Waals surface area contributed by atoms with Gasteiger partial charge in [0.25, 0.3) is 5.91 Å². The predicted octanol–water partition coefficient (Wildman–Crippen LogP) is 2.51. The smallest absolute Gasteiger partial charge is 0.251 e. The van der Waals surface area contributed by atoms with Crippen molar-refractivity contribution in [1.29, 1.82) is 0 Å². The van der Waals surface area contributed by atoms with Gasteiger partial charge in [-0.3, -0.25) is 4.79 Å². The van der Waals surface area contributed by atoms with E-state index in [4.69, 9.17) is 11.6 Å². The number of nitrogens with one attached hydrogen (secondary N) is 1. The van der Waals surface area contributed by atoms with Crippen molar-refractivity contribution in [1.82, 2.24) is 5.32 Å². The van der Waals surface area contributed by atoms with E-state index < -0.39 is 6.10 Å². The molecule has 0 saturated heterocycles. The van der Waals surface area contributed by atoms with Gasteiger partial charge in [-0.05, 0) is 23.8 Å². The minimum absolute atomic E-state index is 0.0764. The molecule has 3 N–H and O–H groups in total. The van der Waals surface area contributed by atoms with E-state index in [1.165, 1.54) is 18.2 Å². The third-order valence-electron chi connectivity index (χ3n) is 2.85. The third kappa shape index (κ3) is 3.50. The van der Waals surface area contributed by atoms with E-state index in [-0.39, 0.29) is 23.2 Å². The Balaban J connectivity index is 1.97. The van der Waals surface area contributed by atoms with Crippen molar-refractivity contribution in [2.75, 3.05) is 6.54 Å². The van der Waals surface area contributed by atoms with Crippen LogP contribution in [0.1, 0.15) is 22.0 Å². The number of carbonyl (C=O) groups is 1. The number of aromatic hydroxyl groups is 1. The second-order valence-corrected chi connectivity index (χ2v) is 4.71. The van der Waals surface area contributed by atoms with Gasteiger partial charge in [0.2, 0.25) is 0 Å². The topological polar surface area (TPSA) is 69.6 Å². The lowest BCUT2D eigenvalue weighted by Crippen LogP contribution is -2.28. The van der Waals surface area contributed by atoms with Crippen LogP contribution in [0.2, 0.25) is 5.02 Å². The molecule has 0 aliphatic carbocycles. The van der Waals surface area contributed by atoms with Crippen LogP contribution >= 0.6 is 11.6 Å². The number of hydrogen-bond donors (Lipinski definition) is 3. The van der Waals surface area contributed by atoms with Crippen molar-refractivity contribution in [2.24, 2.45) is 0 Å². The number of aliphatic hydroxyl groups is 1. The van der Waals surface area contributed by atoms with E-state index >= 15 is 0 Å². The number of carbonyl (C=O) groups excluding carboxylic acids is 1. The van der Waals surface area contributed by atoms with Crippen LogP contribution in [-0.4, -0.2) is 22.7 Å². The van der Waals surface area contributed by atoms with Gasteiger partial charge in [0.15, 0.2) is 0 Å². The number of halogens is 1. The molecule has 1 unspecified atom stereocenters. The fraction of sp³-hybridized carbons (Fsp3) is 0.133. The summed E-state index contributed by atoms with van der Waals surface area (Å²) in [5.41, 5.74) is 1.06. The molecule has 0 saturated carbocycles. The van der Waals surface area contributed by atoms with Crippen molar-refractivity contribution < 1.29 is 15.0 Å². The molecule has 0 radical (unpaired) electrons. The molecule has 2 rings (SSSR count). The summed E-state index contributed by atoms with van der Waals surface area (Å²) in [6.07, 6.45) is -0.771. The van der Waals surface area contributed by atoms with Crippen molar-refractivity contribution in [2.45, 2.75) is 6.10 Å². The fourth-order valence-corrected chi connectivity index (χ4v) is 1.91. The molecule has 0 bridgehead atoms. The summed E-state index contributed by atoms with van der Waals surface area (Å²) in [5, 5.41) is 21.9. The third-order valence-corrected chi connectivity index (χ3v) is 3.15. The van der Waals surface area contributed by atoms with Gasteiger partial charge in [-0.2, -0.15) is 0 Å². The van der Waals surface area contributed by atoms with E-state index in [1.807, 2.05) is 18.2 Å². The number of rotatable bonds is 4. The highest BCUT2D eigenvalue weighted by Crippen LogP contribution is 2.23. The Kier molecular flexibility index (Phi) is 4.61. The SMILES string of the molecule is O=C(NCC(O)c1ccccc1)c1ccc(O)c(Cl)c1. The van der Waals surface area contributed by atoms with Crippen LogP contribution in [0.15, 0.2) is 48.5 Å². The highest BCUT2D eigenvalue weighted by atomic mass is 35.5. The summed E-state index contributed by atoms with van der Waals surface area (Å²) in [7, 11) is 0. The maximum absolute atomic E-state index is 11.9. The molecule has 0 aromatic heterocycles. The van der Waals surface area contributed by atoms with Gasteiger partial charge in [-0.25, -0.2) is 0 Å².